The van der Waals surface area contributed by atoms with Crippen molar-refractivity contribution >= 4 is 21.9 Å². The average Bonchev–Trinajstić information content (AvgIpc) is 2.42. The molecule has 1 aliphatic heterocycles. The Kier molecular flexibility index (Phi) is 4.86. The molecule has 0 bridgehead atoms. The van der Waals surface area contributed by atoms with E-state index in [1.807, 2.05) is 6.92 Å². The van der Waals surface area contributed by atoms with E-state index in [1.54, 1.807) is 0 Å². The first kappa shape index (κ1) is 15.5. The Balaban J connectivity index is 2.19. The van der Waals surface area contributed by atoms with E-state index in [9.17, 15) is 9.90 Å². The van der Waals surface area contributed by atoms with Crippen LogP contribution in [0.4, 0.5) is 0 Å². The van der Waals surface area contributed by atoms with Gasteiger partial charge in [-0.2, -0.15) is 0 Å². The van der Waals surface area contributed by atoms with Crippen molar-refractivity contribution in [2.75, 3.05) is 13.1 Å². The van der Waals surface area contributed by atoms with Crippen LogP contribution in [0.25, 0.3) is 0 Å². The molecule has 0 radical (unpaired) electrons. The molecule has 1 aliphatic rings. The second-order valence-electron chi connectivity index (χ2n) is 5.92. The zero-order valence-electron chi connectivity index (χ0n) is 12.1. The van der Waals surface area contributed by atoms with E-state index in [0.29, 0.717) is 12.6 Å². The van der Waals surface area contributed by atoms with Crippen LogP contribution >= 0.6 is 15.9 Å². The third kappa shape index (κ3) is 3.23. The van der Waals surface area contributed by atoms with E-state index >= 15 is 0 Å². The number of nitrogens with zero attached hydrogens (tertiary/aromatic N) is 1. The maximum Gasteiger partial charge on any atom is 0.310 e. The number of halogens is 1. The van der Waals surface area contributed by atoms with E-state index in [1.165, 1.54) is 5.56 Å². The molecular formula is C16H22BrNO2. The lowest BCUT2D eigenvalue weighted by Crippen LogP contribution is -2.47. The van der Waals surface area contributed by atoms with Gasteiger partial charge >= 0.3 is 5.97 Å². The molecule has 1 aromatic carbocycles. The molecule has 1 aromatic rings. The molecule has 0 aliphatic carbocycles. The number of likely N-dealkylation sites (tertiary alicyclic amines) is 1. The molecule has 1 saturated heterocycles. The average molecular weight is 340 g/mol. The summed E-state index contributed by atoms with van der Waals surface area (Å²) in [6.07, 6.45) is 2.72. The standard InChI is InChI=1S/C16H22BrNO2/c1-3-14(12-5-7-13(17)8-6-12)18-10-4-9-16(2,11-18)15(19)20/h5-8,14H,3-4,9-11H2,1-2H3,(H,19,20). The van der Waals surface area contributed by atoms with Gasteiger partial charge in [0.15, 0.2) is 0 Å². The fourth-order valence-electron chi connectivity index (χ4n) is 3.11. The molecule has 0 saturated carbocycles. The first-order valence-corrected chi connectivity index (χ1v) is 7.98. The lowest BCUT2D eigenvalue weighted by molar-refractivity contribution is -0.151. The number of benzene rings is 1. The molecule has 1 N–H and O–H groups in total. The highest BCUT2D eigenvalue weighted by atomic mass is 79.9. The van der Waals surface area contributed by atoms with Gasteiger partial charge < -0.3 is 5.11 Å². The molecule has 2 atom stereocenters. The fourth-order valence-corrected chi connectivity index (χ4v) is 3.37. The van der Waals surface area contributed by atoms with E-state index in [-0.39, 0.29) is 0 Å². The molecule has 1 heterocycles. The van der Waals surface area contributed by atoms with Crippen molar-refractivity contribution in [2.24, 2.45) is 5.41 Å². The minimum absolute atomic E-state index is 0.307. The van der Waals surface area contributed by atoms with Crippen LogP contribution in [0, 0.1) is 5.41 Å². The summed E-state index contributed by atoms with van der Waals surface area (Å²) in [5.74, 6) is -0.673. The van der Waals surface area contributed by atoms with Crippen LogP contribution in [0.3, 0.4) is 0 Å². The summed E-state index contributed by atoms with van der Waals surface area (Å²) in [5, 5.41) is 9.44. The highest BCUT2D eigenvalue weighted by Gasteiger charge is 2.39. The molecule has 20 heavy (non-hydrogen) atoms. The van der Waals surface area contributed by atoms with Crippen LogP contribution in [-0.2, 0) is 4.79 Å². The number of carboxylic acid groups (broad SMARTS) is 1. The van der Waals surface area contributed by atoms with Crippen molar-refractivity contribution in [1.29, 1.82) is 0 Å². The summed E-state index contributed by atoms with van der Waals surface area (Å²) >= 11 is 3.46. The largest absolute Gasteiger partial charge is 0.481 e. The van der Waals surface area contributed by atoms with Crippen molar-refractivity contribution in [1.82, 2.24) is 4.90 Å². The van der Waals surface area contributed by atoms with Crippen LogP contribution in [0.2, 0.25) is 0 Å². The van der Waals surface area contributed by atoms with E-state index in [4.69, 9.17) is 0 Å². The molecule has 0 aromatic heterocycles. The van der Waals surface area contributed by atoms with E-state index in [2.05, 4.69) is 52.0 Å². The van der Waals surface area contributed by atoms with Gasteiger partial charge in [0.1, 0.15) is 0 Å². The third-order valence-corrected chi connectivity index (χ3v) is 4.85. The van der Waals surface area contributed by atoms with Gasteiger partial charge in [0, 0.05) is 17.1 Å². The highest BCUT2D eigenvalue weighted by molar-refractivity contribution is 9.10. The molecule has 0 amide bonds. The SMILES string of the molecule is CCC(c1ccc(Br)cc1)N1CCCC(C)(C(=O)O)C1. The Morgan fingerprint density at radius 1 is 1.45 bits per heavy atom. The topological polar surface area (TPSA) is 40.5 Å². The first-order valence-electron chi connectivity index (χ1n) is 7.19. The molecule has 1 fully saturated rings. The van der Waals surface area contributed by atoms with Gasteiger partial charge in [0.25, 0.3) is 0 Å². The molecule has 2 rings (SSSR count). The Labute approximate surface area is 129 Å². The number of rotatable bonds is 4. The predicted octanol–water partition coefficient (Wildman–Crippen LogP) is 4.09. The number of hydrogen-bond acceptors (Lipinski definition) is 2. The van der Waals surface area contributed by atoms with Crippen LogP contribution in [-0.4, -0.2) is 29.1 Å². The quantitative estimate of drug-likeness (QED) is 0.898. The molecule has 110 valence electrons. The third-order valence-electron chi connectivity index (χ3n) is 4.32. The zero-order valence-corrected chi connectivity index (χ0v) is 13.7. The smallest absolute Gasteiger partial charge is 0.310 e. The minimum Gasteiger partial charge on any atom is -0.481 e. The predicted molar refractivity (Wildman–Crippen MR) is 83.7 cm³/mol. The normalized spacial score (nSPS) is 25.4. The van der Waals surface area contributed by atoms with Crippen molar-refractivity contribution in [2.45, 2.75) is 39.2 Å². The van der Waals surface area contributed by atoms with Gasteiger partial charge in [-0.3, -0.25) is 9.69 Å². The van der Waals surface area contributed by atoms with Crippen molar-refractivity contribution in [3.05, 3.63) is 34.3 Å². The minimum atomic E-state index is -0.673. The fraction of sp³-hybridized carbons (Fsp3) is 0.562. The first-order chi connectivity index (χ1) is 9.46. The summed E-state index contributed by atoms with van der Waals surface area (Å²) in [5.41, 5.74) is 0.659. The molecule has 4 heteroatoms. The van der Waals surface area contributed by atoms with Crippen LogP contribution < -0.4 is 0 Å². The number of carbonyl (C=O) groups is 1. The number of aliphatic carboxylic acids is 1. The summed E-state index contributed by atoms with van der Waals surface area (Å²) in [6, 6.07) is 8.68. The molecule has 3 nitrogen and oxygen atoms in total. The lowest BCUT2D eigenvalue weighted by atomic mass is 9.81. The van der Waals surface area contributed by atoms with Gasteiger partial charge in [-0.1, -0.05) is 35.0 Å². The van der Waals surface area contributed by atoms with Crippen LogP contribution in [0.1, 0.15) is 44.7 Å². The Morgan fingerprint density at radius 2 is 2.10 bits per heavy atom. The number of piperidine rings is 1. The summed E-state index contributed by atoms with van der Waals surface area (Å²) in [7, 11) is 0. The van der Waals surface area contributed by atoms with Gasteiger partial charge in [0.05, 0.1) is 5.41 Å². The van der Waals surface area contributed by atoms with Gasteiger partial charge in [-0.05, 0) is 50.4 Å². The van der Waals surface area contributed by atoms with Gasteiger partial charge in [-0.25, -0.2) is 0 Å². The number of hydrogen-bond donors (Lipinski definition) is 1. The van der Waals surface area contributed by atoms with Crippen LogP contribution in [0.5, 0.6) is 0 Å². The van der Waals surface area contributed by atoms with Gasteiger partial charge in [0.2, 0.25) is 0 Å². The second-order valence-corrected chi connectivity index (χ2v) is 6.83. The Bertz CT molecular complexity index is 474. The van der Waals surface area contributed by atoms with Crippen molar-refractivity contribution in [3.63, 3.8) is 0 Å². The maximum atomic E-state index is 11.5. The highest BCUT2D eigenvalue weighted by Crippen LogP contribution is 2.35. The van der Waals surface area contributed by atoms with E-state index < -0.39 is 11.4 Å². The molecule has 0 spiro atoms. The lowest BCUT2D eigenvalue weighted by Gasteiger charge is -2.41. The van der Waals surface area contributed by atoms with Crippen LogP contribution in [0.15, 0.2) is 28.7 Å². The second kappa shape index (κ2) is 6.27. The Morgan fingerprint density at radius 3 is 2.65 bits per heavy atom. The van der Waals surface area contributed by atoms with Gasteiger partial charge in [-0.15, -0.1) is 0 Å². The Hall–Kier alpha value is -0.870. The van der Waals surface area contributed by atoms with Crippen molar-refractivity contribution in [3.8, 4) is 0 Å². The van der Waals surface area contributed by atoms with E-state index in [0.717, 1.165) is 30.3 Å². The summed E-state index contributed by atoms with van der Waals surface area (Å²) in [6.45, 7) is 5.66. The number of carboxylic acids is 1. The summed E-state index contributed by atoms with van der Waals surface area (Å²) in [4.78, 5) is 13.8. The molecular weight excluding hydrogens is 318 g/mol. The maximum absolute atomic E-state index is 11.5. The monoisotopic (exact) mass is 339 g/mol. The van der Waals surface area contributed by atoms with Crippen molar-refractivity contribution < 1.29 is 9.90 Å². The zero-order chi connectivity index (χ0) is 14.8. The summed E-state index contributed by atoms with van der Waals surface area (Å²) < 4.78 is 1.07. The molecule has 2 unspecified atom stereocenters.